The lowest BCUT2D eigenvalue weighted by Gasteiger charge is -2.10. The van der Waals surface area contributed by atoms with Crippen molar-refractivity contribution in [2.45, 2.75) is 0 Å². The molecule has 1 aromatic rings. The Labute approximate surface area is 79.5 Å². The smallest absolute Gasteiger partial charge is 0.249 e. The van der Waals surface area contributed by atoms with Gasteiger partial charge in [0.25, 0.3) is 0 Å². The molecule has 0 aliphatic rings. The van der Waals surface area contributed by atoms with Crippen LogP contribution in [0, 0.1) is 5.82 Å². The van der Waals surface area contributed by atoms with E-state index >= 15 is 0 Å². The van der Waals surface area contributed by atoms with Crippen molar-refractivity contribution in [2.24, 2.45) is 16.7 Å². The van der Waals surface area contributed by atoms with Crippen LogP contribution in [-0.2, 0) is 4.57 Å². The van der Waals surface area contributed by atoms with Crippen molar-refractivity contribution in [1.82, 2.24) is 0 Å². The molecule has 0 aliphatic heterocycles. The van der Waals surface area contributed by atoms with E-state index in [2.05, 4.69) is 0 Å². The summed E-state index contributed by atoms with van der Waals surface area (Å²) >= 11 is 0. The van der Waals surface area contributed by atoms with E-state index in [4.69, 9.17) is 16.7 Å². The first-order valence-corrected chi connectivity index (χ1v) is 5.44. The molecule has 5 nitrogen and oxygen atoms in total. The van der Waals surface area contributed by atoms with Crippen molar-refractivity contribution in [1.29, 1.82) is 0 Å². The minimum absolute atomic E-state index is 0.125. The normalized spacial score (nSPS) is 11.4. The number of hydrogen-bond acceptors (Lipinski definition) is 2. The average Bonchev–Trinajstić information content (AvgIpc) is 2.01. The molecule has 0 saturated carbocycles. The van der Waals surface area contributed by atoms with E-state index in [0.29, 0.717) is 0 Å². The number of primary amides is 1. The van der Waals surface area contributed by atoms with Crippen LogP contribution in [0.4, 0.5) is 4.39 Å². The van der Waals surface area contributed by atoms with Crippen LogP contribution in [0.2, 0.25) is 0 Å². The second-order valence-corrected chi connectivity index (χ2v) is 4.64. The molecule has 1 rings (SSSR count). The zero-order valence-electron chi connectivity index (χ0n) is 7.11. The van der Waals surface area contributed by atoms with Gasteiger partial charge in [-0.25, -0.2) is 4.39 Å². The van der Waals surface area contributed by atoms with Gasteiger partial charge in [0.1, 0.15) is 5.82 Å². The van der Waals surface area contributed by atoms with Crippen LogP contribution >= 0.6 is 7.44 Å². The van der Waals surface area contributed by atoms with Gasteiger partial charge in [-0.1, -0.05) is 0 Å². The van der Waals surface area contributed by atoms with Gasteiger partial charge in [0.15, 0.2) is 0 Å². The summed E-state index contributed by atoms with van der Waals surface area (Å²) < 4.78 is 24.0. The highest BCUT2D eigenvalue weighted by Gasteiger charge is 2.20. The van der Waals surface area contributed by atoms with Gasteiger partial charge in [-0.05, 0) is 18.2 Å². The first-order chi connectivity index (χ1) is 6.32. The maximum Gasteiger partial charge on any atom is 0.249 e. The topological polar surface area (TPSA) is 112 Å². The molecule has 0 heterocycles. The molecule has 0 aromatic heterocycles. The van der Waals surface area contributed by atoms with E-state index in [9.17, 15) is 13.8 Å². The Morgan fingerprint density at radius 3 is 2.36 bits per heavy atom. The zero-order valence-corrected chi connectivity index (χ0v) is 8.00. The lowest BCUT2D eigenvalue weighted by Crippen LogP contribution is -2.28. The number of benzene rings is 1. The van der Waals surface area contributed by atoms with Gasteiger partial charge >= 0.3 is 0 Å². The minimum Gasteiger partial charge on any atom is -0.366 e. The fraction of sp³-hybridized carbons (Fsp3) is 0. The molecular weight excluding hydrogens is 208 g/mol. The average molecular weight is 217 g/mol. The van der Waals surface area contributed by atoms with Gasteiger partial charge in [0, 0.05) is 0 Å². The third-order valence-electron chi connectivity index (χ3n) is 1.60. The van der Waals surface area contributed by atoms with Crippen LogP contribution in [0.5, 0.6) is 0 Å². The number of nitrogens with two attached hydrogens (primary N) is 3. The number of carbonyl (C=O) groups excluding carboxylic acids is 1. The van der Waals surface area contributed by atoms with Crippen LogP contribution in [-0.4, -0.2) is 5.91 Å². The van der Waals surface area contributed by atoms with Crippen LogP contribution in [0.25, 0.3) is 0 Å². The molecule has 0 fully saturated rings. The monoisotopic (exact) mass is 217 g/mol. The minimum atomic E-state index is -3.68. The summed E-state index contributed by atoms with van der Waals surface area (Å²) in [5.41, 5.74) is 15.1. The summed E-state index contributed by atoms with van der Waals surface area (Å²) in [6, 6.07) is 2.96. The standard InChI is InChI=1S/C7H9FN3O2P/c8-4-1-2-5(7(9)12)6(3-4)14(10,11)13/h1-3H,(H2,9,12)(H4,10,11,13). The maximum absolute atomic E-state index is 12.8. The first-order valence-electron chi connectivity index (χ1n) is 3.59. The van der Waals surface area contributed by atoms with Crippen LogP contribution in [0.1, 0.15) is 10.4 Å². The molecule has 0 unspecified atom stereocenters. The molecule has 0 aliphatic carbocycles. The molecule has 14 heavy (non-hydrogen) atoms. The molecule has 0 bridgehead atoms. The highest BCUT2D eigenvalue weighted by atomic mass is 31.2. The predicted octanol–water partition coefficient (Wildman–Crippen LogP) is -0.340. The van der Waals surface area contributed by atoms with Gasteiger partial charge in [0.2, 0.25) is 13.4 Å². The number of hydrogen-bond donors (Lipinski definition) is 3. The van der Waals surface area contributed by atoms with Crippen molar-refractivity contribution < 1.29 is 13.8 Å². The van der Waals surface area contributed by atoms with Crippen LogP contribution in [0.3, 0.4) is 0 Å². The maximum atomic E-state index is 12.8. The Hall–Kier alpha value is -1.23. The molecule has 0 saturated heterocycles. The van der Waals surface area contributed by atoms with E-state index in [1.165, 1.54) is 0 Å². The van der Waals surface area contributed by atoms with Crippen molar-refractivity contribution in [2.75, 3.05) is 0 Å². The number of carbonyl (C=O) groups is 1. The Morgan fingerprint density at radius 2 is 1.93 bits per heavy atom. The lowest BCUT2D eigenvalue weighted by atomic mass is 10.2. The molecule has 6 N–H and O–H groups in total. The molecule has 1 aromatic carbocycles. The predicted molar refractivity (Wildman–Crippen MR) is 50.5 cm³/mol. The summed E-state index contributed by atoms with van der Waals surface area (Å²) in [7, 11) is -3.68. The van der Waals surface area contributed by atoms with E-state index in [1.807, 2.05) is 0 Å². The van der Waals surface area contributed by atoms with Crippen LogP contribution < -0.4 is 22.0 Å². The van der Waals surface area contributed by atoms with Gasteiger partial charge in [-0.15, -0.1) is 0 Å². The Balaban J connectivity index is 3.46. The van der Waals surface area contributed by atoms with Gasteiger partial charge < -0.3 is 5.73 Å². The highest BCUT2D eigenvalue weighted by molar-refractivity contribution is 7.67. The van der Waals surface area contributed by atoms with E-state index in [0.717, 1.165) is 18.2 Å². The quantitative estimate of drug-likeness (QED) is 0.588. The van der Waals surface area contributed by atoms with Crippen LogP contribution in [0.15, 0.2) is 18.2 Å². The Kier molecular flexibility index (Phi) is 2.71. The van der Waals surface area contributed by atoms with Crippen molar-refractivity contribution in [3.8, 4) is 0 Å². The third-order valence-corrected chi connectivity index (χ3v) is 2.72. The molecule has 76 valence electrons. The van der Waals surface area contributed by atoms with Crippen molar-refractivity contribution in [3.05, 3.63) is 29.6 Å². The van der Waals surface area contributed by atoms with E-state index in [-0.39, 0.29) is 10.9 Å². The number of amides is 1. The van der Waals surface area contributed by atoms with E-state index < -0.39 is 19.2 Å². The first kappa shape index (κ1) is 10.8. The third kappa shape index (κ3) is 2.17. The summed E-state index contributed by atoms with van der Waals surface area (Å²) in [4.78, 5) is 10.8. The van der Waals surface area contributed by atoms with E-state index in [1.54, 1.807) is 0 Å². The largest absolute Gasteiger partial charge is 0.366 e. The second kappa shape index (κ2) is 3.49. The molecule has 0 radical (unpaired) electrons. The fourth-order valence-electron chi connectivity index (χ4n) is 1.00. The summed E-state index contributed by atoms with van der Waals surface area (Å²) in [6.45, 7) is 0. The Morgan fingerprint density at radius 1 is 1.36 bits per heavy atom. The summed E-state index contributed by atoms with van der Waals surface area (Å²) in [5.74, 6) is -1.53. The Bertz CT molecular complexity index is 429. The molecule has 0 atom stereocenters. The highest BCUT2D eigenvalue weighted by Crippen LogP contribution is 2.26. The summed E-state index contributed by atoms with van der Waals surface area (Å²) in [5, 5.41) is -0.245. The number of halogens is 1. The van der Waals surface area contributed by atoms with Gasteiger partial charge in [-0.2, -0.15) is 0 Å². The van der Waals surface area contributed by atoms with Gasteiger partial charge in [-0.3, -0.25) is 20.4 Å². The molecule has 1 amide bonds. The second-order valence-electron chi connectivity index (χ2n) is 2.74. The molecular formula is C7H9FN3O2P. The number of rotatable bonds is 2. The van der Waals surface area contributed by atoms with Crippen molar-refractivity contribution >= 4 is 18.7 Å². The summed E-state index contributed by atoms with van der Waals surface area (Å²) in [6.07, 6.45) is 0. The SMILES string of the molecule is NC(=O)c1ccc(F)cc1P(N)(N)=O. The molecule has 7 heteroatoms. The van der Waals surface area contributed by atoms with Gasteiger partial charge in [0.05, 0.1) is 10.9 Å². The fourth-order valence-corrected chi connectivity index (χ4v) is 1.89. The lowest BCUT2D eigenvalue weighted by molar-refractivity contribution is 0.100. The zero-order chi connectivity index (χ0) is 10.9. The van der Waals surface area contributed by atoms with Crippen molar-refractivity contribution in [3.63, 3.8) is 0 Å². The molecule has 0 spiro atoms.